The van der Waals surface area contributed by atoms with Crippen molar-refractivity contribution in [2.45, 2.75) is 48.1 Å². The summed E-state index contributed by atoms with van der Waals surface area (Å²) in [5.74, 6) is -1.57. The molecule has 5 atom stereocenters. The van der Waals surface area contributed by atoms with Gasteiger partial charge in [0, 0.05) is 37.2 Å². The van der Waals surface area contributed by atoms with Crippen molar-refractivity contribution in [3.8, 4) is 0 Å². The molecular formula is C33H38ClN3O4S. The van der Waals surface area contributed by atoms with Gasteiger partial charge in [-0.05, 0) is 56.4 Å². The molecule has 3 fully saturated rings. The van der Waals surface area contributed by atoms with Gasteiger partial charge < -0.3 is 19.8 Å². The van der Waals surface area contributed by atoms with Crippen LogP contribution in [0.4, 0.5) is 11.4 Å². The van der Waals surface area contributed by atoms with Crippen molar-refractivity contribution >= 4 is 52.5 Å². The van der Waals surface area contributed by atoms with E-state index < -0.39 is 22.6 Å². The number of benzene rings is 2. The van der Waals surface area contributed by atoms with Gasteiger partial charge in [-0.15, -0.1) is 24.9 Å². The summed E-state index contributed by atoms with van der Waals surface area (Å²) in [6.45, 7) is 8.79. The molecule has 2 aromatic rings. The number of hydrogen-bond acceptors (Lipinski definition) is 5. The highest BCUT2D eigenvalue weighted by Crippen LogP contribution is 2.67. The van der Waals surface area contributed by atoms with Crippen molar-refractivity contribution in [3.05, 3.63) is 84.9 Å². The Hall–Kier alpha value is -3.07. The van der Waals surface area contributed by atoms with Gasteiger partial charge in [0.25, 0.3) is 5.91 Å². The van der Waals surface area contributed by atoms with Crippen molar-refractivity contribution < 1.29 is 19.5 Å². The Balaban J connectivity index is 1.54. The van der Waals surface area contributed by atoms with Gasteiger partial charge in [-0.1, -0.05) is 54.1 Å². The molecular weight excluding hydrogens is 570 g/mol. The second kappa shape index (κ2) is 13.1. The molecule has 3 amide bonds. The predicted octanol–water partition coefficient (Wildman–Crippen LogP) is 5.33. The largest absolute Gasteiger partial charge is 0.396 e. The third-order valence-electron chi connectivity index (χ3n) is 8.74. The highest BCUT2D eigenvalue weighted by atomic mass is 35.5. The Labute approximate surface area is 257 Å². The normalized spacial score (nSPS) is 25.8. The third kappa shape index (κ3) is 5.29. The molecule has 2 bridgehead atoms. The first-order chi connectivity index (χ1) is 20.4. The minimum Gasteiger partial charge on any atom is -0.396 e. The number of likely N-dealkylation sites (tertiary alicyclic amines) is 1. The van der Waals surface area contributed by atoms with E-state index >= 15 is 0 Å². The van der Waals surface area contributed by atoms with Crippen molar-refractivity contribution in [2.75, 3.05) is 36.0 Å². The molecule has 0 radical (unpaired) electrons. The molecule has 5 rings (SSSR count). The standard InChI is InChI=1S/C33H38ClN3O4S/c1-3-19-35(23-13-7-5-8-14-23)30(39)27-26-17-18-33(42-26)28(27)31(40)37(21-11-6-12-22-38)29(33)32(41)36(20-4-2)25-16-10-9-15-24(25)34/h3-5,7-10,13-16,26-29,38H,1-2,6,11-12,17-22H2/t26-,27+,28+,29?,33?/m1/s1. The molecule has 3 aliphatic heterocycles. The fourth-order valence-corrected chi connectivity index (χ4v) is 9.46. The van der Waals surface area contributed by atoms with Crippen LogP contribution in [0.1, 0.15) is 32.1 Å². The SMILES string of the molecule is C=CCN(C(=O)[C@@H]1[C@H]2C(=O)N(CCCCCO)C(C(=O)N(CC=C)c3ccccc3Cl)C23CC[C@H]1S3)c1ccccc1. The van der Waals surface area contributed by atoms with Gasteiger partial charge >= 0.3 is 0 Å². The molecule has 3 saturated heterocycles. The maximum Gasteiger partial charge on any atom is 0.251 e. The number of aliphatic hydroxyl groups excluding tert-OH is 1. The number of halogens is 1. The number of thioether (sulfide) groups is 1. The van der Waals surface area contributed by atoms with Crippen molar-refractivity contribution in [3.63, 3.8) is 0 Å². The molecule has 0 saturated carbocycles. The summed E-state index contributed by atoms with van der Waals surface area (Å²) < 4.78 is -0.715. The lowest BCUT2D eigenvalue weighted by Gasteiger charge is -2.38. The van der Waals surface area contributed by atoms with E-state index in [1.165, 1.54) is 0 Å². The molecule has 2 unspecified atom stereocenters. The molecule has 0 aromatic heterocycles. The van der Waals surface area contributed by atoms with Gasteiger partial charge in [-0.2, -0.15) is 0 Å². The van der Waals surface area contributed by atoms with Crippen LogP contribution in [-0.2, 0) is 14.4 Å². The van der Waals surface area contributed by atoms with Crippen LogP contribution < -0.4 is 9.80 Å². The first-order valence-corrected chi connectivity index (χ1v) is 15.9. The Kier molecular flexibility index (Phi) is 9.45. The Morgan fingerprint density at radius 3 is 2.38 bits per heavy atom. The maximum atomic E-state index is 14.7. The number of hydrogen-bond donors (Lipinski definition) is 1. The number of anilines is 2. The summed E-state index contributed by atoms with van der Waals surface area (Å²) in [5, 5.41) is 9.71. The molecule has 1 N–H and O–H groups in total. The number of rotatable bonds is 13. The second-order valence-corrected chi connectivity index (χ2v) is 13.1. The van der Waals surface area contributed by atoms with E-state index in [1.807, 2.05) is 42.5 Å². The molecule has 222 valence electrons. The lowest BCUT2D eigenvalue weighted by atomic mass is 9.70. The Morgan fingerprint density at radius 2 is 1.69 bits per heavy atom. The van der Waals surface area contributed by atoms with Gasteiger partial charge in [0.15, 0.2) is 0 Å². The number of amides is 3. The second-order valence-electron chi connectivity index (χ2n) is 11.1. The van der Waals surface area contributed by atoms with Gasteiger partial charge in [0.1, 0.15) is 6.04 Å². The third-order valence-corrected chi connectivity index (χ3v) is 11.0. The Morgan fingerprint density at radius 1 is 1.00 bits per heavy atom. The van der Waals surface area contributed by atoms with E-state index in [0.29, 0.717) is 43.1 Å². The van der Waals surface area contributed by atoms with Gasteiger partial charge in [-0.3, -0.25) is 14.4 Å². The fraction of sp³-hybridized carbons (Fsp3) is 0.424. The number of nitrogens with zero attached hydrogens (tertiary/aromatic N) is 3. The van der Waals surface area contributed by atoms with Gasteiger partial charge in [-0.25, -0.2) is 0 Å². The highest BCUT2D eigenvalue weighted by Gasteiger charge is 2.74. The highest BCUT2D eigenvalue weighted by molar-refractivity contribution is 8.02. The first-order valence-electron chi connectivity index (χ1n) is 14.6. The van der Waals surface area contributed by atoms with Crippen LogP contribution in [0.3, 0.4) is 0 Å². The van der Waals surface area contributed by atoms with Crippen molar-refractivity contribution in [1.82, 2.24) is 4.90 Å². The van der Waals surface area contributed by atoms with E-state index in [0.717, 1.165) is 18.5 Å². The molecule has 42 heavy (non-hydrogen) atoms. The quantitative estimate of drug-likeness (QED) is 0.246. The minimum absolute atomic E-state index is 0.0533. The molecule has 3 heterocycles. The van der Waals surface area contributed by atoms with Crippen LogP contribution in [0.5, 0.6) is 0 Å². The van der Waals surface area contributed by atoms with Crippen molar-refractivity contribution in [1.29, 1.82) is 0 Å². The average Bonchev–Trinajstić information content (AvgIpc) is 3.64. The van der Waals surface area contributed by atoms with Crippen molar-refractivity contribution in [2.24, 2.45) is 11.8 Å². The van der Waals surface area contributed by atoms with Gasteiger partial charge in [0.05, 0.1) is 27.3 Å². The summed E-state index contributed by atoms with van der Waals surface area (Å²) in [6.07, 6.45) is 6.83. The average molecular weight is 608 g/mol. The predicted molar refractivity (Wildman–Crippen MR) is 170 cm³/mol. The van der Waals surface area contributed by atoms with Crippen LogP contribution >= 0.6 is 23.4 Å². The summed E-state index contributed by atoms with van der Waals surface area (Å²) in [7, 11) is 0. The topological polar surface area (TPSA) is 81.2 Å². The number of aliphatic hydroxyl groups is 1. The van der Waals surface area contributed by atoms with Crippen LogP contribution in [0.2, 0.25) is 5.02 Å². The number of para-hydroxylation sites is 2. The number of carbonyl (C=O) groups excluding carboxylic acids is 3. The van der Waals surface area contributed by atoms with Crippen LogP contribution in [0.25, 0.3) is 0 Å². The summed E-state index contributed by atoms with van der Waals surface area (Å²) in [6, 6.07) is 15.9. The van der Waals surface area contributed by atoms with Crippen LogP contribution in [0.15, 0.2) is 79.9 Å². The summed E-state index contributed by atoms with van der Waals surface area (Å²) in [5.41, 5.74) is 1.34. The molecule has 9 heteroatoms. The Bertz CT molecular complexity index is 1340. The zero-order valence-corrected chi connectivity index (χ0v) is 25.3. The van der Waals surface area contributed by atoms with E-state index in [4.69, 9.17) is 11.6 Å². The smallest absolute Gasteiger partial charge is 0.251 e. The minimum atomic E-state index is -0.738. The molecule has 2 aromatic carbocycles. The monoisotopic (exact) mass is 607 g/mol. The molecule has 0 aliphatic carbocycles. The number of unbranched alkanes of at least 4 members (excludes halogenated alkanes) is 2. The summed E-state index contributed by atoms with van der Waals surface area (Å²) >= 11 is 8.23. The number of fused-ring (bicyclic) bond motifs is 1. The number of carbonyl (C=O) groups is 3. The zero-order chi connectivity index (χ0) is 29.9. The zero-order valence-electron chi connectivity index (χ0n) is 23.7. The van der Waals surface area contributed by atoms with Crippen LogP contribution in [0, 0.1) is 11.8 Å². The fourth-order valence-electron chi connectivity index (χ4n) is 7.02. The van der Waals surface area contributed by atoms with E-state index in [-0.39, 0.29) is 36.1 Å². The maximum absolute atomic E-state index is 14.7. The lowest BCUT2D eigenvalue weighted by molar-refractivity contribution is -0.139. The van der Waals surface area contributed by atoms with E-state index in [9.17, 15) is 19.5 Å². The van der Waals surface area contributed by atoms with E-state index in [1.54, 1.807) is 50.7 Å². The van der Waals surface area contributed by atoms with Gasteiger partial charge in [0.2, 0.25) is 11.8 Å². The molecule has 1 spiro atoms. The molecule has 3 aliphatic rings. The lowest BCUT2D eigenvalue weighted by Crippen LogP contribution is -2.55. The van der Waals surface area contributed by atoms with E-state index in [2.05, 4.69) is 13.2 Å². The molecule has 7 nitrogen and oxygen atoms in total. The summed E-state index contributed by atoms with van der Waals surface area (Å²) in [4.78, 5) is 48.5. The first kappa shape index (κ1) is 30.4. The van der Waals surface area contributed by atoms with Crippen LogP contribution in [-0.4, -0.2) is 70.0 Å².